The molecule has 0 radical (unpaired) electrons. The molecule has 1 aromatic heterocycles. The monoisotopic (exact) mass is 905 g/mol. The van der Waals surface area contributed by atoms with Gasteiger partial charge in [-0.15, -0.1) is 0 Å². The molecule has 1 aliphatic heterocycles. The van der Waals surface area contributed by atoms with Gasteiger partial charge in [-0.05, 0) is 98.8 Å². The lowest BCUT2D eigenvalue weighted by Crippen LogP contribution is -2.51. The van der Waals surface area contributed by atoms with E-state index in [0.29, 0.717) is 91.3 Å². The van der Waals surface area contributed by atoms with Gasteiger partial charge in [0.25, 0.3) is 17.4 Å². The van der Waals surface area contributed by atoms with Crippen LogP contribution in [0.2, 0.25) is 0 Å². The van der Waals surface area contributed by atoms with Gasteiger partial charge in [0.05, 0.1) is 45.5 Å². The van der Waals surface area contributed by atoms with E-state index in [9.17, 15) is 37.6 Å². The zero-order valence-electron chi connectivity index (χ0n) is 36.2. The van der Waals surface area contributed by atoms with Gasteiger partial charge in [-0.25, -0.2) is 9.07 Å². The number of amides is 3. The molecule has 1 saturated carbocycles. The molecule has 3 amide bonds. The maximum atomic E-state index is 15.2. The second-order valence-corrected chi connectivity index (χ2v) is 16.6. The number of nitrogens with zero attached hydrogens (tertiary/aromatic N) is 6. The van der Waals surface area contributed by atoms with Gasteiger partial charge in [0.15, 0.2) is 5.60 Å². The van der Waals surface area contributed by atoms with Crippen molar-refractivity contribution >= 4 is 34.2 Å². The fourth-order valence-electron chi connectivity index (χ4n) is 7.77. The first kappa shape index (κ1) is 46.9. The quantitative estimate of drug-likeness (QED) is 0.0728. The minimum Gasteiger partial charge on any atom is -0.490 e. The molecule has 2 aliphatic rings. The predicted molar refractivity (Wildman–Crippen MR) is 235 cm³/mol. The van der Waals surface area contributed by atoms with Crippen molar-refractivity contribution in [2.24, 2.45) is 5.92 Å². The van der Waals surface area contributed by atoms with Crippen molar-refractivity contribution in [3.63, 3.8) is 0 Å². The molecule has 342 valence electrons. The maximum absolute atomic E-state index is 15.2. The number of hydrogen-bond acceptors (Lipinski definition) is 9. The van der Waals surface area contributed by atoms with Gasteiger partial charge in [0.2, 0.25) is 5.91 Å². The highest BCUT2D eigenvalue weighted by Gasteiger charge is 2.38. The van der Waals surface area contributed by atoms with Crippen molar-refractivity contribution in [1.82, 2.24) is 19.6 Å². The zero-order chi connectivity index (χ0) is 47.0. The standard InChI is InChI=1S/C49H47F4N7O6/c1-48(31-65-37-17-10-32(29-54)11-18-37,47(64)56-36-16-15-35(30-55)41(28-36)49(51,52)53)66-25-7-3-2-6-20-60-46(63)39-9-5-4-8-38(39)43(57-60)27-33-12-19-42(50)40(26-33)45(62)59-23-21-58(22-24-59)44(61)34-13-14-34/h4-5,8-12,15-19,26,28,34H,2-3,6-7,13-14,20-25,27,31H2,1H3,(H,56,64). The van der Waals surface area contributed by atoms with Crippen LogP contribution in [-0.4, -0.2) is 82.3 Å². The molecule has 0 bridgehead atoms. The summed E-state index contributed by atoms with van der Waals surface area (Å²) in [6, 6.07) is 24.0. The van der Waals surface area contributed by atoms with E-state index in [1.807, 2.05) is 6.07 Å². The molecule has 7 rings (SSSR count). The number of piperazine rings is 1. The summed E-state index contributed by atoms with van der Waals surface area (Å²) in [4.78, 5) is 56.6. The molecular weight excluding hydrogens is 859 g/mol. The van der Waals surface area contributed by atoms with E-state index in [4.69, 9.17) is 19.8 Å². The van der Waals surface area contributed by atoms with Crippen LogP contribution >= 0.6 is 0 Å². The average molecular weight is 906 g/mol. The third-order valence-electron chi connectivity index (χ3n) is 11.7. The van der Waals surface area contributed by atoms with Crippen LogP contribution in [0.25, 0.3) is 10.8 Å². The van der Waals surface area contributed by atoms with Crippen LogP contribution in [0.4, 0.5) is 23.2 Å². The molecule has 2 fully saturated rings. The number of hydrogen-bond donors (Lipinski definition) is 1. The molecule has 1 N–H and O–H groups in total. The highest BCUT2D eigenvalue weighted by Crippen LogP contribution is 2.34. The molecule has 1 aliphatic carbocycles. The van der Waals surface area contributed by atoms with Crippen molar-refractivity contribution in [3.8, 4) is 17.9 Å². The van der Waals surface area contributed by atoms with Crippen LogP contribution in [0.3, 0.4) is 0 Å². The summed E-state index contributed by atoms with van der Waals surface area (Å²) in [5.74, 6) is -1.35. The van der Waals surface area contributed by atoms with Crippen LogP contribution in [0.15, 0.2) is 89.7 Å². The molecule has 1 saturated heterocycles. The lowest BCUT2D eigenvalue weighted by Gasteiger charge is -2.35. The number of carbonyl (C=O) groups excluding carboxylic acids is 3. The van der Waals surface area contributed by atoms with E-state index < -0.39 is 40.5 Å². The van der Waals surface area contributed by atoms with Gasteiger partial charge in [-0.1, -0.05) is 37.1 Å². The maximum Gasteiger partial charge on any atom is 0.417 e. The van der Waals surface area contributed by atoms with E-state index in [2.05, 4.69) is 5.32 Å². The van der Waals surface area contributed by atoms with E-state index >= 15 is 4.39 Å². The normalized spacial score (nSPS) is 14.8. The molecular formula is C49H47F4N7O6. The lowest BCUT2D eigenvalue weighted by molar-refractivity contribution is -0.143. The number of rotatable bonds is 17. The Hall–Kier alpha value is -7.11. The number of nitrogens with one attached hydrogen (secondary N) is 1. The number of fused-ring (bicyclic) bond motifs is 1. The fourth-order valence-corrected chi connectivity index (χ4v) is 7.77. The fraction of sp³-hybridized carbons (Fsp3) is 0.367. The third kappa shape index (κ3) is 11.2. The Bertz CT molecular complexity index is 2750. The van der Waals surface area contributed by atoms with Crippen LogP contribution in [0.1, 0.15) is 83.8 Å². The number of nitriles is 2. The van der Waals surface area contributed by atoms with Gasteiger partial charge >= 0.3 is 6.18 Å². The molecule has 0 spiro atoms. The van der Waals surface area contributed by atoms with Crippen molar-refractivity contribution in [2.75, 3.05) is 44.7 Å². The first-order valence-corrected chi connectivity index (χ1v) is 21.7. The molecule has 13 nitrogen and oxygen atoms in total. The predicted octanol–water partition coefficient (Wildman–Crippen LogP) is 7.64. The van der Waals surface area contributed by atoms with Gasteiger partial charge in [-0.2, -0.15) is 28.8 Å². The SMILES string of the molecule is CC(COc1ccc(C#N)cc1)(OCCCCCCn1nc(Cc2ccc(F)c(C(=O)N3CCN(C(=O)C4CC4)CC3)c2)c2ccccc2c1=O)C(=O)Nc1ccc(C#N)c(C(F)(F)F)c1. The first-order valence-electron chi connectivity index (χ1n) is 21.7. The molecule has 17 heteroatoms. The summed E-state index contributed by atoms with van der Waals surface area (Å²) in [6.07, 6.45) is -0.531. The zero-order valence-corrected chi connectivity index (χ0v) is 36.2. The van der Waals surface area contributed by atoms with Gasteiger partial charge in [-0.3, -0.25) is 19.2 Å². The minimum absolute atomic E-state index is 0.0679. The van der Waals surface area contributed by atoms with E-state index in [-0.39, 0.29) is 54.8 Å². The van der Waals surface area contributed by atoms with Gasteiger partial charge < -0.3 is 24.6 Å². The number of benzene rings is 4. The second-order valence-electron chi connectivity index (χ2n) is 16.6. The minimum atomic E-state index is -4.83. The number of aryl methyl sites for hydroxylation is 1. The summed E-state index contributed by atoms with van der Waals surface area (Å²) >= 11 is 0. The average Bonchev–Trinajstić information content (AvgIpc) is 4.18. The Morgan fingerprint density at radius 3 is 2.23 bits per heavy atom. The molecule has 5 aromatic rings. The Kier molecular flexibility index (Phi) is 14.5. The van der Waals surface area contributed by atoms with Gasteiger partial charge in [0.1, 0.15) is 18.2 Å². The number of aromatic nitrogens is 2. The molecule has 2 heterocycles. The second kappa shape index (κ2) is 20.4. The van der Waals surface area contributed by atoms with E-state index in [0.717, 1.165) is 18.9 Å². The Balaban J connectivity index is 0.967. The van der Waals surface area contributed by atoms with Crippen LogP contribution in [0.5, 0.6) is 5.75 Å². The number of anilines is 1. The summed E-state index contributed by atoms with van der Waals surface area (Å²) in [7, 11) is 0. The van der Waals surface area contributed by atoms with Crippen molar-refractivity contribution in [3.05, 3.63) is 135 Å². The number of alkyl halides is 3. The number of ether oxygens (including phenoxy) is 2. The summed E-state index contributed by atoms with van der Waals surface area (Å²) in [6.45, 7) is 2.91. The molecule has 66 heavy (non-hydrogen) atoms. The number of carbonyl (C=O) groups is 3. The smallest absolute Gasteiger partial charge is 0.417 e. The number of unbranched alkanes of at least 4 members (excludes halogenated alkanes) is 3. The van der Waals surface area contributed by atoms with Crippen LogP contribution in [0, 0.1) is 34.4 Å². The summed E-state index contributed by atoms with van der Waals surface area (Å²) < 4.78 is 69.5. The highest BCUT2D eigenvalue weighted by atomic mass is 19.4. The van der Waals surface area contributed by atoms with Crippen molar-refractivity contribution in [2.45, 2.75) is 70.2 Å². The van der Waals surface area contributed by atoms with E-state index in [1.165, 1.54) is 48.0 Å². The summed E-state index contributed by atoms with van der Waals surface area (Å²) in [5.41, 5.74) is -2.42. The molecule has 1 atom stereocenters. The van der Waals surface area contributed by atoms with Gasteiger partial charge in [0, 0.05) is 62.7 Å². The van der Waals surface area contributed by atoms with E-state index in [1.54, 1.807) is 52.3 Å². The molecule has 1 unspecified atom stereocenters. The third-order valence-corrected chi connectivity index (χ3v) is 11.7. The topological polar surface area (TPSA) is 171 Å². The summed E-state index contributed by atoms with van der Waals surface area (Å²) in [5, 5.41) is 26.6. The van der Waals surface area contributed by atoms with Crippen molar-refractivity contribution in [1.29, 1.82) is 10.5 Å². The van der Waals surface area contributed by atoms with Crippen LogP contribution in [-0.2, 0) is 33.5 Å². The lowest BCUT2D eigenvalue weighted by atomic mass is 10.0. The Morgan fingerprint density at radius 2 is 1.55 bits per heavy atom. The highest BCUT2D eigenvalue weighted by molar-refractivity contribution is 5.97. The molecule has 4 aromatic carbocycles. The van der Waals surface area contributed by atoms with Crippen LogP contribution < -0.4 is 15.6 Å². The van der Waals surface area contributed by atoms with Crippen molar-refractivity contribution < 1.29 is 41.4 Å². The largest absolute Gasteiger partial charge is 0.490 e. The Morgan fingerprint density at radius 1 is 0.848 bits per heavy atom. The number of halogens is 4. The first-order chi connectivity index (χ1) is 31.7. The Labute approximate surface area is 378 Å².